The van der Waals surface area contributed by atoms with Crippen molar-refractivity contribution in [2.75, 3.05) is 0 Å². The number of hydrogen-bond acceptors (Lipinski definition) is 4. The summed E-state index contributed by atoms with van der Waals surface area (Å²) in [6.07, 6.45) is 0. The van der Waals surface area contributed by atoms with Crippen LogP contribution in [0, 0.1) is 0 Å². The number of fused-ring (bicyclic) bond motifs is 9. The topological polar surface area (TPSA) is 61.7 Å². The Kier molecular flexibility index (Phi) is 9.78. The van der Waals surface area contributed by atoms with Crippen LogP contribution in [0.25, 0.3) is 144 Å². The molecule has 0 fully saturated rings. The van der Waals surface area contributed by atoms with Gasteiger partial charge in [0.1, 0.15) is 11.2 Å². The van der Waals surface area contributed by atoms with E-state index in [1.54, 1.807) is 0 Å². The molecule has 350 valence electrons. The van der Waals surface area contributed by atoms with E-state index in [9.17, 15) is 0 Å². The van der Waals surface area contributed by atoms with E-state index in [1.165, 1.54) is 10.8 Å². The third-order valence-electron chi connectivity index (χ3n) is 14.8. The van der Waals surface area contributed by atoms with Crippen LogP contribution in [0.15, 0.2) is 265 Å². The largest absolute Gasteiger partial charge is 0.456 e. The lowest BCUT2D eigenvalue weighted by molar-refractivity contribution is 0.669. The Bertz CT molecular complexity index is 4630. The zero-order chi connectivity index (χ0) is 49.4. The summed E-state index contributed by atoms with van der Waals surface area (Å²) in [5, 5.41) is 6.92. The van der Waals surface area contributed by atoms with E-state index in [2.05, 4.69) is 228 Å². The number of benzene rings is 11. The van der Waals surface area contributed by atoms with Gasteiger partial charge in [0.25, 0.3) is 0 Å². The van der Waals surface area contributed by atoms with Crippen molar-refractivity contribution in [3.05, 3.63) is 261 Å². The monoisotopic (exact) mass is 957 g/mol. The second-order valence-electron chi connectivity index (χ2n) is 19.1. The number of hydrogen-bond donors (Lipinski definition) is 0. The molecule has 0 N–H and O–H groups in total. The van der Waals surface area contributed by atoms with Gasteiger partial charge in [0.15, 0.2) is 17.5 Å². The van der Waals surface area contributed by atoms with Crippen molar-refractivity contribution in [1.82, 2.24) is 24.1 Å². The molecule has 4 aromatic heterocycles. The first-order valence-corrected chi connectivity index (χ1v) is 25.3. The molecule has 75 heavy (non-hydrogen) atoms. The maximum absolute atomic E-state index is 6.39. The van der Waals surface area contributed by atoms with Gasteiger partial charge in [0, 0.05) is 54.7 Å². The molecule has 0 aliphatic rings. The predicted octanol–water partition coefficient (Wildman–Crippen LogP) is 18.0. The fraction of sp³-hybridized carbons (Fsp3) is 0. The second-order valence-corrected chi connectivity index (χ2v) is 19.1. The van der Waals surface area contributed by atoms with Gasteiger partial charge in [0.05, 0.1) is 27.8 Å². The van der Waals surface area contributed by atoms with Crippen LogP contribution in [-0.2, 0) is 0 Å². The van der Waals surface area contributed by atoms with Crippen LogP contribution >= 0.6 is 0 Å². The first kappa shape index (κ1) is 42.5. The van der Waals surface area contributed by atoms with Gasteiger partial charge >= 0.3 is 0 Å². The molecule has 0 amide bonds. The first-order chi connectivity index (χ1) is 37.2. The quantitative estimate of drug-likeness (QED) is 0.152. The highest BCUT2D eigenvalue weighted by atomic mass is 16.3. The summed E-state index contributed by atoms with van der Waals surface area (Å²) in [4.78, 5) is 15.7. The molecular formula is C69H43N5O. The molecule has 15 aromatic rings. The van der Waals surface area contributed by atoms with Gasteiger partial charge in [-0.3, -0.25) is 0 Å². The number of aromatic nitrogens is 5. The van der Waals surface area contributed by atoms with Gasteiger partial charge in [-0.25, -0.2) is 15.0 Å². The minimum absolute atomic E-state index is 0.592. The van der Waals surface area contributed by atoms with Crippen LogP contribution in [0.4, 0.5) is 0 Å². The molecule has 6 heteroatoms. The minimum atomic E-state index is 0.592. The molecule has 0 atom stereocenters. The Morgan fingerprint density at radius 1 is 0.267 bits per heavy atom. The van der Waals surface area contributed by atoms with Crippen molar-refractivity contribution in [2.24, 2.45) is 0 Å². The summed E-state index contributed by atoms with van der Waals surface area (Å²) >= 11 is 0. The van der Waals surface area contributed by atoms with E-state index in [-0.39, 0.29) is 0 Å². The van der Waals surface area contributed by atoms with Crippen molar-refractivity contribution in [3.8, 4) is 78.9 Å². The van der Waals surface area contributed by atoms with Crippen LogP contribution < -0.4 is 0 Å². The van der Waals surface area contributed by atoms with Gasteiger partial charge in [-0.15, -0.1) is 0 Å². The lowest BCUT2D eigenvalue weighted by atomic mass is 9.94. The molecule has 0 spiro atoms. The summed E-state index contributed by atoms with van der Waals surface area (Å²) in [5.74, 6) is 1.82. The zero-order valence-electron chi connectivity index (χ0n) is 40.5. The summed E-state index contributed by atoms with van der Waals surface area (Å²) in [6, 6.07) is 92.4. The third kappa shape index (κ3) is 6.92. The molecule has 0 saturated heterocycles. The van der Waals surface area contributed by atoms with Crippen LogP contribution in [0.5, 0.6) is 0 Å². The average Bonchev–Trinajstić information content (AvgIpc) is 4.17. The van der Waals surface area contributed by atoms with E-state index >= 15 is 0 Å². The summed E-state index contributed by atoms with van der Waals surface area (Å²) < 4.78 is 11.2. The third-order valence-corrected chi connectivity index (χ3v) is 14.8. The van der Waals surface area contributed by atoms with Crippen LogP contribution in [0.3, 0.4) is 0 Å². The highest BCUT2D eigenvalue weighted by Gasteiger charge is 2.24. The Morgan fingerprint density at radius 2 is 0.773 bits per heavy atom. The molecule has 4 heterocycles. The minimum Gasteiger partial charge on any atom is -0.456 e. The number of furan rings is 1. The van der Waals surface area contributed by atoms with E-state index in [1.807, 2.05) is 42.5 Å². The van der Waals surface area contributed by atoms with Gasteiger partial charge in [0.2, 0.25) is 0 Å². The second kappa shape index (κ2) is 17.3. The van der Waals surface area contributed by atoms with Gasteiger partial charge < -0.3 is 13.6 Å². The Morgan fingerprint density at radius 3 is 1.47 bits per heavy atom. The Hall–Kier alpha value is -10.2. The SMILES string of the molecule is c1ccc(-c2ccc(-c3nc(-c4ccccc4)nc(-c4ccccc4)n3)c(-n3c4ccccc4c4c(-c5cccc6c5c5ccc(-c7cccc8oc9ccccc9c78)cc5n6-c5ccccc5)cccc43)c2)cc1. The lowest BCUT2D eigenvalue weighted by Gasteiger charge is -2.16. The van der Waals surface area contributed by atoms with Crippen molar-refractivity contribution in [2.45, 2.75) is 0 Å². The summed E-state index contributed by atoms with van der Waals surface area (Å²) in [7, 11) is 0. The van der Waals surface area contributed by atoms with E-state index in [0.717, 1.165) is 116 Å². The maximum atomic E-state index is 6.39. The van der Waals surface area contributed by atoms with Crippen molar-refractivity contribution < 1.29 is 4.42 Å². The number of para-hydroxylation sites is 3. The molecule has 6 nitrogen and oxygen atoms in total. The molecule has 15 rings (SSSR count). The number of rotatable bonds is 8. The van der Waals surface area contributed by atoms with Crippen molar-refractivity contribution >= 4 is 65.6 Å². The van der Waals surface area contributed by atoms with E-state index in [0.29, 0.717) is 17.5 Å². The van der Waals surface area contributed by atoms with Crippen molar-refractivity contribution in [1.29, 1.82) is 0 Å². The first-order valence-electron chi connectivity index (χ1n) is 25.3. The van der Waals surface area contributed by atoms with Crippen LogP contribution in [0.2, 0.25) is 0 Å². The normalized spacial score (nSPS) is 11.7. The number of nitrogens with zero attached hydrogens (tertiary/aromatic N) is 5. The highest BCUT2D eigenvalue weighted by molar-refractivity contribution is 6.23. The van der Waals surface area contributed by atoms with Gasteiger partial charge in [-0.2, -0.15) is 0 Å². The smallest absolute Gasteiger partial charge is 0.166 e. The lowest BCUT2D eigenvalue weighted by Crippen LogP contribution is -2.04. The van der Waals surface area contributed by atoms with Gasteiger partial charge in [-0.1, -0.05) is 200 Å². The standard InChI is InChI=1S/C69H43N5O/c1-5-20-44(21-6-1)47-38-41-55(69-71-67(45-22-7-2-8-23-45)70-68(72-69)46-24-9-3-10-25-46)61(42-47)74-57-33-15-13-28-53(57)64-51(32-18-35-59(64)74)52-31-17-34-58-65(52)54-40-39-48(43-60(54)73(58)49-26-11-4-12-27-49)50-30-19-37-63-66(50)56-29-14-16-36-62(56)75-63/h1-43H. The molecule has 0 aliphatic heterocycles. The predicted molar refractivity (Wildman–Crippen MR) is 308 cm³/mol. The average molecular weight is 958 g/mol. The summed E-state index contributed by atoms with van der Waals surface area (Å²) in [5.41, 5.74) is 17.8. The Labute approximate surface area is 431 Å². The Balaban J connectivity index is 0.991. The van der Waals surface area contributed by atoms with Crippen molar-refractivity contribution in [3.63, 3.8) is 0 Å². The van der Waals surface area contributed by atoms with E-state index in [4.69, 9.17) is 19.4 Å². The summed E-state index contributed by atoms with van der Waals surface area (Å²) in [6.45, 7) is 0. The molecular weight excluding hydrogens is 915 g/mol. The molecule has 0 bridgehead atoms. The molecule has 0 saturated carbocycles. The maximum Gasteiger partial charge on any atom is 0.166 e. The fourth-order valence-electron chi connectivity index (χ4n) is 11.5. The molecule has 0 unspecified atom stereocenters. The van der Waals surface area contributed by atoms with E-state index < -0.39 is 0 Å². The van der Waals surface area contributed by atoms with Crippen LogP contribution in [0.1, 0.15) is 0 Å². The fourth-order valence-corrected chi connectivity index (χ4v) is 11.5. The zero-order valence-corrected chi connectivity index (χ0v) is 40.5. The molecule has 11 aromatic carbocycles. The molecule has 0 aliphatic carbocycles. The highest BCUT2D eigenvalue weighted by Crippen LogP contribution is 2.47. The van der Waals surface area contributed by atoms with Crippen LogP contribution in [-0.4, -0.2) is 24.1 Å². The van der Waals surface area contributed by atoms with Gasteiger partial charge in [-0.05, 0) is 94.0 Å². The molecule has 0 radical (unpaired) electrons.